The number of aliphatic hydroxyl groups excluding tert-OH is 1. The van der Waals surface area contributed by atoms with Crippen molar-refractivity contribution in [1.82, 2.24) is 10.6 Å². The Hall–Kier alpha value is -0.440. The molecule has 0 aliphatic heterocycles. The fourth-order valence-corrected chi connectivity index (χ4v) is 3.65. The van der Waals surface area contributed by atoms with Crippen molar-refractivity contribution in [3.05, 3.63) is 56.0 Å². The predicted molar refractivity (Wildman–Crippen MR) is 132 cm³/mol. The zero-order chi connectivity index (χ0) is 20.4. The lowest BCUT2D eigenvalue weighted by molar-refractivity contribution is 0.282. The van der Waals surface area contributed by atoms with Crippen LogP contribution in [0.25, 0.3) is 0 Å². The normalized spacial score (nSPS) is 10.2. The van der Waals surface area contributed by atoms with Gasteiger partial charge in [-0.05, 0) is 65.3 Å². The zero-order valence-corrected chi connectivity index (χ0v) is 21.3. The Bertz CT molecular complexity index is 769. The summed E-state index contributed by atoms with van der Waals surface area (Å²) in [5, 5.41) is 16.4. The Morgan fingerprint density at radius 2 is 1.77 bits per heavy atom. The van der Waals surface area contributed by atoms with E-state index in [0.717, 1.165) is 41.7 Å². The molecule has 5 nitrogen and oxygen atoms in total. The van der Waals surface area contributed by atoms with Crippen LogP contribution in [0.15, 0.2) is 34.8 Å². The van der Waals surface area contributed by atoms with Crippen molar-refractivity contribution in [2.75, 3.05) is 33.4 Å². The van der Waals surface area contributed by atoms with Gasteiger partial charge >= 0.3 is 0 Å². The van der Waals surface area contributed by atoms with Gasteiger partial charge in [-0.2, -0.15) is 0 Å². The van der Waals surface area contributed by atoms with E-state index in [0.29, 0.717) is 34.7 Å². The van der Waals surface area contributed by atoms with Gasteiger partial charge in [-0.25, -0.2) is 0 Å². The van der Waals surface area contributed by atoms with E-state index in [2.05, 4.69) is 26.6 Å². The molecule has 30 heavy (non-hydrogen) atoms. The average Bonchev–Trinajstić information content (AvgIpc) is 2.67. The highest BCUT2D eigenvalue weighted by Crippen LogP contribution is 2.37. The van der Waals surface area contributed by atoms with Gasteiger partial charge in [0.2, 0.25) is 0 Å². The largest absolute Gasteiger partial charge is 0.493 e. The van der Waals surface area contributed by atoms with E-state index in [1.54, 1.807) is 19.2 Å². The number of benzene rings is 2. The van der Waals surface area contributed by atoms with Crippen molar-refractivity contribution in [3.63, 3.8) is 0 Å². The topological polar surface area (TPSA) is 62.8 Å². The summed E-state index contributed by atoms with van der Waals surface area (Å²) in [6.07, 6.45) is 0.987. The van der Waals surface area contributed by atoms with Crippen LogP contribution in [0, 0.1) is 0 Å². The molecule has 10 heteroatoms. The Kier molecular flexibility index (Phi) is 16.0. The second kappa shape index (κ2) is 16.2. The lowest BCUT2D eigenvalue weighted by atomic mass is 10.2. The van der Waals surface area contributed by atoms with Crippen molar-refractivity contribution in [2.45, 2.75) is 19.6 Å². The van der Waals surface area contributed by atoms with Crippen LogP contribution in [0.2, 0.25) is 10.0 Å². The monoisotopic (exact) mass is 562 g/mol. The van der Waals surface area contributed by atoms with E-state index in [-0.39, 0.29) is 31.4 Å². The average molecular weight is 565 g/mol. The number of hydrogen-bond acceptors (Lipinski definition) is 5. The summed E-state index contributed by atoms with van der Waals surface area (Å²) in [6.45, 7) is 3.58. The minimum atomic E-state index is 0. The third-order valence-corrected chi connectivity index (χ3v) is 5.18. The molecule has 170 valence electrons. The van der Waals surface area contributed by atoms with Gasteiger partial charge in [0.05, 0.1) is 18.2 Å². The van der Waals surface area contributed by atoms with Crippen LogP contribution >= 0.6 is 63.9 Å². The number of ether oxygens (including phenoxy) is 2. The van der Waals surface area contributed by atoms with E-state index < -0.39 is 0 Å². The fraction of sp³-hybridized carbons (Fsp3) is 0.400. The van der Waals surface area contributed by atoms with E-state index in [4.69, 9.17) is 37.8 Å². The lowest BCUT2D eigenvalue weighted by Gasteiger charge is -2.15. The first-order valence-electron chi connectivity index (χ1n) is 9.00. The molecular formula is C20H27BrCl4N2O3. The van der Waals surface area contributed by atoms with Crippen LogP contribution in [0.5, 0.6) is 11.5 Å². The predicted octanol–water partition coefficient (Wildman–Crippen LogP) is 5.25. The second-order valence-electron chi connectivity index (χ2n) is 6.14. The van der Waals surface area contributed by atoms with Crippen LogP contribution in [-0.4, -0.2) is 38.5 Å². The first kappa shape index (κ1) is 29.6. The summed E-state index contributed by atoms with van der Waals surface area (Å²) in [4.78, 5) is 0. The molecule has 0 aromatic heterocycles. The second-order valence-corrected chi connectivity index (χ2v) is 7.84. The molecule has 2 aromatic rings. The van der Waals surface area contributed by atoms with Crippen LogP contribution in [0.3, 0.4) is 0 Å². The highest BCUT2D eigenvalue weighted by molar-refractivity contribution is 9.10. The van der Waals surface area contributed by atoms with Crippen LogP contribution < -0.4 is 20.1 Å². The summed E-state index contributed by atoms with van der Waals surface area (Å²) in [6, 6.07) is 9.30. The molecule has 0 saturated carbocycles. The van der Waals surface area contributed by atoms with Crippen molar-refractivity contribution < 1.29 is 14.6 Å². The first-order valence-corrected chi connectivity index (χ1v) is 10.6. The van der Waals surface area contributed by atoms with Crippen molar-refractivity contribution >= 4 is 63.9 Å². The third kappa shape index (κ3) is 9.79. The molecule has 0 spiro atoms. The molecule has 0 fully saturated rings. The Morgan fingerprint density at radius 1 is 1.03 bits per heavy atom. The molecule has 0 heterocycles. The first-order chi connectivity index (χ1) is 13.5. The third-order valence-electron chi connectivity index (χ3n) is 4.00. The molecule has 0 radical (unpaired) electrons. The standard InChI is InChI=1S/C20H25BrCl2N2O3.2ClH/c1-27-19-10-14(12-25-6-2-5-24-7-8-26)9-17(21)20(19)28-13-15-3-4-16(22)11-18(15)23;;/h3-4,9-11,24-26H,2,5-8,12-13H2,1H3;2*1H. The number of aliphatic hydroxyl groups is 1. The van der Waals surface area contributed by atoms with Gasteiger partial charge in [-0.15, -0.1) is 24.8 Å². The number of hydrogen-bond donors (Lipinski definition) is 3. The van der Waals surface area contributed by atoms with Gasteiger partial charge in [0.25, 0.3) is 0 Å². The minimum absolute atomic E-state index is 0. The van der Waals surface area contributed by atoms with E-state index in [9.17, 15) is 0 Å². The maximum absolute atomic E-state index is 8.73. The molecule has 0 unspecified atom stereocenters. The van der Waals surface area contributed by atoms with Crippen LogP contribution in [0.4, 0.5) is 0 Å². The summed E-state index contributed by atoms with van der Waals surface area (Å²) in [5.41, 5.74) is 1.93. The molecule has 0 saturated heterocycles. The van der Waals surface area contributed by atoms with Gasteiger partial charge in [-0.3, -0.25) is 0 Å². The summed E-state index contributed by atoms with van der Waals surface area (Å²) in [7, 11) is 1.62. The molecule has 2 rings (SSSR count). The van der Waals surface area contributed by atoms with E-state index in [1.807, 2.05) is 18.2 Å². The highest BCUT2D eigenvalue weighted by atomic mass is 79.9. The van der Waals surface area contributed by atoms with E-state index >= 15 is 0 Å². The SMILES string of the molecule is COc1cc(CNCCCNCCO)cc(Br)c1OCc1ccc(Cl)cc1Cl.Cl.Cl. The quantitative estimate of drug-likeness (QED) is 0.307. The van der Waals surface area contributed by atoms with Crippen molar-refractivity contribution in [3.8, 4) is 11.5 Å². The Balaban J connectivity index is 0.00000420. The highest BCUT2D eigenvalue weighted by Gasteiger charge is 2.13. The summed E-state index contributed by atoms with van der Waals surface area (Å²) in [5.74, 6) is 1.28. The van der Waals surface area contributed by atoms with Crippen molar-refractivity contribution in [1.29, 1.82) is 0 Å². The number of methoxy groups -OCH3 is 1. The maximum atomic E-state index is 8.73. The van der Waals surface area contributed by atoms with Crippen LogP contribution in [0.1, 0.15) is 17.5 Å². The fourth-order valence-electron chi connectivity index (χ4n) is 2.58. The van der Waals surface area contributed by atoms with Crippen LogP contribution in [-0.2, 0) is 13.2 Å². The van der Waals surface area contributed by atoms with Gasteiger partial charge in [0, 0.05) is 28.7 Å². The van der Waals surface area contributed by atoms with E-state index in [1.165, 1.54) is 0 Å². The molecule has 0 aliphatic carbocycles. The zero-order valence-electron chi connectivity index (χ0n) is 16.6. The molecule has 3 N–H and O–H groups in total. The lowest BCUT2D eigenvalue weighted by Crippen LogP contribution is -2.23. The van der Waals surface area contributed by atoms with Gasteiger partial charge in [0.15, 0.2) is 11.5 Å². The van der Waals surface area contributed by atoms with Gasteiger partial charge in [0.1, 0.15) is 6.61 Å². The summed E-state index contributed by atoms with van der Waals surface area (Å²) < 4.78 is 12.3. The number of rotatable bonds is 12. The Labute approximate surface area is 208 Å². The molecule has 0 amide bonds. The molecule has 0 bridgehead atoms. The molecule has 2 aromatic carbocycles. The minimum Gasteiger partial charge on any atom is -0.493 e. The summed E-state index contributed by atoms with van der Waals surface area (Å²) >= 11 is 15.7. The molecular weight excluding hydrogens is 538 g/mol. The maximum Gasteiger partial charge on any atom is 0.175 e. The number of halogens is 5. The van der Waals surface area contributed by atoms with Crippen molar-refractivity contribution in [2.24, 2.45) is 0 Å². The Morgan fingerprint density at radius 3 is 2.43 bits per heavy atom. The number of nitrogens with one attached hydrogen (secondary N) is 2. The molecule has 0 atom stereocenters. The van der Waals surface area contributed by atoms with Gasteiger partial charge < -0.3 is 25.2 Å². The van der Waals surface area contributed by atoms with Gasteiger partial charge in [-0.1, -0.05) is 29.3 Å². The molecule has 0 aliphatic rings. The smallest absolute Gasteiger partial charge is 0.175 e.